The molecule has 0 aliphatic rings. The molecule has 0 saturated heterocycles. The van der Waals surface area contributed by atoms with Crippen LogP contribution in [0.3, 0.4) is 0 Å². The van der Waals surface area contributed by atoms with Crippen LogP contribution in [0.4, 0.5) is 0 Å². The molecule has 0 aliphatic heterocycles. The largest absolute Gasteiger partial charge is 0.507 e. The predicted octanol–water partition coefficient (Wildman–Crippen LogP) is 4.10. The van der Waals surface area contributed by atoms with Gasteiger partial charge in [0.1, 0.15) is 11.5 Å². The number of nitrogens with one attached hydrogen (secondary N) is 1. The van der Waals surface area contributed by atoms with Crippen molar-refractivity contribution in [3.8, 4) is 11.5 Å². The standard InChI is InChI=1S/C15H11Br2ClN2O3/c16-11-5-9(1-3-13(11)21)7-19-20-15(22)8-23-14-4-2-10(18)6-12(14)17/h1-7,21H,8H2,(H,20,22)/b19-7+. The topological polar surface area (TPSA) is 70.9 Å². The number of halogens is 3. The Kier molecular flexibility index (Phi) is 6.44. The molecule has 2 aromatic carbocycles. The van der Waals surface area contributed by atoms with Crippen molar-refractivity contribution in [2.75, 3.05) is 6.61 Å². The van der Waals surface area contributed by atoms with Gasteiger partial charge in [-0.25, -0.2) is 5.43 Å². The van der Waals surface area contributed by atoms with Crippen molar-refractivity contribution >= 4 is 55.6 Å². The Morgan fingerprint density at radius 1 is 1.26 bits per heavy atom. The highest BCUT2D eigenvalue weighted by Crippen LogP contribution is 2.27. The number of carbonyl (C=O) groups is 1. The van der Waals surface area contributed by atoms with Crippen LogP contribution in [0.15, 0.2) is 50.4 Å². The molecule has 0 atom stereocenters. The third kappa shape index (κ3) is 5.53. The van der Waals surface area contributed by atoms with Gasteiger partial charge >= 0.3 is 0 Å². The van der Waals surface area contributed by atoms with Gasteiger partial charge in [-0.05, 0) is 73.8 Å². The van der Waals surface area contributed by atoms with Crippen LogP contribution in [0.5, 0.6) is 11.5 Å². The molecule has 1 amide bonds. The zero-order chi connectivity index (χ0) is 16.8. The lowest BCUT2D eigenvalue weighted by atomic mass is 10.2. The van der Waals surface area contributed by atoms with Crippen LogP contribution in [-0.4, -0.2) is 23.8 Å². The predicted molar refractivity (Wildman–Crippen MR) is 96.2 cm³/mol. The molecule has 0 bridgehead atoms. The Labute approximate surface area is 154 Å². The summed E-state index contributed by atoms with van der Waals surface area (Å²) in [6, 6.07) is 9.87. The van der Waals surface area contributed by atoms with Gasteiger partial charge in [-0.3, -0.25) is 4.79 Å². The van der Waals surface area contributed by atoms with E-state index in [2.05, 4.69) is 42.4 Å². The van der Waals surface area contributed by atoms with Crippen LogP contribution in [0.2, 0.25) is 5.02 Å². The molecule has 0 heterocycles. The molecule has 0 aliphatic carbocycles. The Morgan fingerprint density at radius 2 is 2.04 bits per heavy atom. The summed E-state index contributed by atoms with van der Waals surface area (Å²) in [6.07, 6.45) is 1.46. The SMILES string of the molecule is O=C(COc1ccc(Cl)cc1Br)N/N=C/c1ccc(O)c(Br)c1. The van der Waals surface area contributed by atoms with Crippen molar-refractivity contribution in [2.45, 2.75) is 0 Å². The fourth-order valence-electron chi connectivity index (χ4n) is 1.55. The first-order valence-electron chi connectivity index (χ1n) is 6.34. The lowest BCUT2D eigenvalue weighted by Crippen LogP contribution is -2.24. The Balaban J connectivity index is 1.85. The fraction of sp³-hybridized carbons (Fsp3) is 0.0667. The maximum absolute atomic E-state index is 11.7. The van der Waals surface area contributed by atoms with Gasteiger partial charge in [-0.2, -0.15) is 5.10 Å². The minimum atomic E-state index is -0.402. The number of nitrogens with zero attached hydrogens (tertiary/aromatic N) is 1. The number of phenols is 1. The molecule has 2 N–H and O–H groups in total. The average Bonchev–Trinajstić information content (AvgIpc) is 2.50. The second-order valence-corrected chi connectivity index (χ2v) is 6.51. The maximum Gasteiger partial charge on any atom is 0.277 e. The first-order chi connectivity index (χ1) is 11.0. The van der Waals surface area contributed by atoms with E-state index in [1.165, 1.54) is 12.3 Å². The van der Waals surface area contributed by atoms with Crippen molar-refractivity contribution < 1.29 is 14.6 Å². The summed E-state index contributed by atoms with van der Waals surface area (Å²) in [5.41, 5.74) is 3.07. The summed E-state index contributed by atoms with van der Waals surface area (Å²) in [5, 5.41) is 13.8. The van der Waals surface area contributed by atoms with Crippen LogP contribution >= 0.6 is 43.5 Å². The molecular weight excluding hydrogens is 451 g/mol. The van der Waals surface area contributed by atoms with Crippen LogP contribution in [0.25, 0.3) is 0 Å². The molecule has 2 aromatic rings. The van der Waals surface area contributed by atoms with Gasteiger partial charge in [0, 0.05) is 5.02 Å². The quantitative estimate of drug-likeness (QED) is 0.519. The van der Waals surface area contributed by atoms with Gasteiger partial charge in [0.2, 0.25) is 0 Å². The van der Waals surface area contributed by atoms with E-state index in [4.69, 9.17) is 16.3 Å². The number of phenolic OH excluding ortho intramolecular Hbond substituents is 1. The number of rotatable bonds is 5. The first kappa shape index (κ1) is 17.8. The van der Waals surface area contributed by atoms with Crippen molar-refractivity contribution in [3.63, 3.8) is 0 Å². The molecule has 120 valence electrons. The molecular formula is C15H11Br2ClN2O3. The summed E-state index contributed by atoms with van der Waals surface area (Å²) in [7, 11) is 0. The highest BCUT2D eigenvalue weighted by atomic mass is 79.9. The number of hydrogen-bond donors (Lipinski definition) is 2. The molecule has 0 unspecified atom stereocenters. The fourth-order valence-corrected chi connectivity index (χ4v) is 2.74. The smallest absolute Gasteiger partial charge is 0.277 e. The lowest BCUT2D eigenvalue weighted by molar-refractivity contribution is -0.123. The molecule has 0 radical (unpaired) electrons. The summed E-state index contributed by atoms with van der Waals surface area (Å²) in [5.74, 6) is 0.241. The normalized spacial score (nSPS) is 10.7. The van der Waals surface area contributed by atoms with Crippen molar-refractivity contribution in [2.24, 2.45) is 5.10 Å². The maximum atomic E-state index is 11.7. The number of benzene rings is 2. The average molecular weight is 463 g/mol. The van der Waals surface area contributed by atoms with Gasteiger partial charge in [0.05, 0.1) is 15.2 Å². The first-order valence-corrected chi connectivity index (χ1v) is 8.30. The van der Waals surface area contributed by atoms with Crippen LogP contribution in [0.1, 0.15) is 5.56 Å². The summed E-state index contributed by atoms with van der Waals surface area (Å²) in [6.45, 7) is -0.184. The van der Waals surface area contributed by atoms with E-state index in [1.54, 1.807) is 30.3 Å². The van der Waals surface area contributed by atoms with E-state index in [1.807, 2.05) is 0 Å². The van der Waals surface area contributed by atoms with Gasteiger partial charge in [0.15, 0.2) is 6.61 Å². The molecule has 5 nitrogen and oxygen atoms in total. The molecule has 23 heavy (non-hydrogen) atoms. The minimum absolute atomic E-state index is 0.133. The molecule has 0 saturated carbocycles. The summed E-state index contributed by atoms with van der Waals surface area (Å²) in [4.78, 5) is 11.7. The Morgan fingerprint density at radius 3 is 2.74 bits per heavy atom. The zero-order valence-corrected chi connectivity index (χ0v) is 15.5. The van der Waals surface area contributed by atoms with Gasteiger partial charge in [-0.15, -0.1) is 0 Å². The van der Waals surface area contributed by atoms with Crippen LogP contribution in [-0.2, 0) is 4.79 Å². The second kappa shape index (κ2) is 8.33. The van der Waals surface area contributed by atoms with Gasteiger partial charge in [-0.1, -0.05) is 11.6 Å². The monoisotopic (exact) mass is 460 g/mol. The summed E-state index contributed by atoms with van der Waals surface area (Å²) >= 11 is 12.3. The molecule has 0 aromatic heterocycles. The Bertz CT molecular complexity index is 753. The molecule has 8 heteroatoms. The third-order valence-electron chi connectivity index (χ3n) is 2.63. The van der Waals surface area contributed by atoms with Crippen LogP contribution < -0.4 is 10.2 Å². The number of hydrazone groups is 1. The molecule has 0 spiro atoms. The second-order valence-electron chi connectivity index (χ2n) is 4.37. The highest BCUT2D eigenvalue weighted by Gasteiger charge is 2.05. The number of amides is 1. The van der Waals surface area contributed by atoms with Crippen LogP contribution in [0, 0.1) is 0 Å². The van der Waals surface area contributed by atoms with E-state index >= 15 is 0 Å². The van der Waals surface area contributed by atoms with E-state index in [0.29, 0.717) is 19.7 Å². The lowest BCUT2D eigenvalue weighted by Gasteiger charge is -2.07. The molecule has 2 rings (SSSR count). The van der Waals surface area contributed by atoms with Gasteiger partial charge in [0.25, 0.3) is 5.91 Å². The van der Waals surface area contributed by atoms with Crippen molar-refractivity contribution in [1.29, 1.82) is 0 Å². The number of aromatic hydroxyl groups is 1. The summed E-state index contributed by atoms with van der Waals surface area (Å²) < 4.78 is 6.57. The van der Waals surface area contributed by atoms with E-state index in [9.17, 15) is 9.90 Å². The van der Waals surface area contributed by atoms with Gasteiger partial charge < -0.3 is 9.84 Å². The zero-order valence-electron chi connectivity index (χ0n) is 11.6. The minimum Gasteiger partial charge on any atom is -0.507 e. The number of carbonyl (C=O) groups excluding carboxylic acids is 1. The molecule has 0 fully saturated rings. The third-order valence-corrected chi connectivity index (χ3v) is 4.12. The highest BCUT2D eigenvalue weighted by molar-refractivity contribution is 9.10. The van der Waals surface area contributed by atoms with E-state index in [-0.39, 0.29) is 12.4 Å². The van der Waals surface area contributed by atoms with Crippen molar-refractivity contribution in [1.82, 2.24) is 5.43 Å². The number of hydrogen-bond acceptors (Lipinski definition) is 4. The number of ether oxygens (including phenoxy) is 1. The Hall–Kier alpha value is -1.57. The van der Waals surface area contributed by atoms with E-state index < -0.39 is 5.91 Å². The van der Waals surface area contributed by atoms with E-state index in [0.717, 1.165) is 5.56 Å². The van der Waals surface area contributed by atoms with Crippen molar-refractivity contribution in [3.05, 3.63) is 55.9 Å².